The van der Waals surface area contributed by atoms with E-state index in [0.29, 0.717) is 24.1 Å². The number of aromatic nitrogens is 4. The highest BCUT2D eigenvalue weighted by atomic mass is 127. The van der Waals surface area contributed by atoms with Gasteiger partial charge in [0, 0.05) is 19.3 Å². The third kappa shape index (κ3) is 2.15. The van der Waals surface area contributed by atoms with Gasteiger partial charge in [-0.15, -0.1) is 21.8 Å². The Morgan fingerprint density at radius 1 is 1.53 bits per heavy atom. The number of hydrogen-bond acceptors (Lipinski definition) is 4. The minimum atomic E-state index is 0.478. The quantitative estimate of drug-likeness (QED) is 0.633. The summed E-state index contributed by atoms with van der Waals surface area (Å²) in [4.78, 5) is 0. The Bertz CT molecular complexity index is 467. The molecule has 0 radical (unpaired) electrons. The zero-order chi connectivity index (χ0) is 10.8. The molecule has 0 saturated carbocycles. The van der Waals surface area contributed by atoms with E-state index in [-0.39, 0.29) is 0 Å². The Labute approximate surface area is 105 Å². The summed E-state index contributed by atoms with van der Waals surface area (Å²) < 4.78 is 8.16. The van der Waals surface area contributed by atoms with Crippen molar-refractivity contribution in [1.82, 2.24) is 20.0 Å². The predicted molar refractivity (Wildman–Crippen MR) is 63.6 cm³/mol. The van der Waals surface area contributed by atoms with Gasteiger partial charge in [0.25, 0.3) is 5.89 Å². The van der Waals surface area contributed by atoms with E-state index in [9.17, 15) is 0 Å². The molecule has 0 atom stereocenters. The van der Waals surface area contributed by atoms with E-state index in [0.717, 1.165) is 9.26 Å². The van der Waals surface area contributed by atoms with Crippen LogP contribution in [0.25, 0.3) is 11.5 Å². The molecule has 80 valence electrons. The van der Waals surface area contributed by atoms with Gasteiger partial charge in [0.05, 0.1) is 11.8 Å². The number of rotatable bonds is 3. The van der Waals surface area contributed by atoms with Crippen molar-refractivity contribution in [2.45, 2.75) is 6.42 Å². The lowest BCUT2D eigenvalue weighted by molar-refractivity contribution is 0.513. The van der Waals surface area contributed by atoms with Gasteiger partial charge in [-0.05, 0) is 22.6 Å². The van der Waals surface area contributed by atoms with Crippen molar-refractivity contribution in [3.05, 3.63) is 15.8 Å². The number of hydrogen-bond donors (Lipinski definition) is 0. The summed E-state index contributed by atoms with van der Waals surface area (Å²) in [6, 6.07) is 0. The summed E-state index contributed by atoms with van der Waals surface area (Å²) >= 11 is 7.76. The third-order valence-corrected chi connectivity index (χ3v) is 3.34. The molecular formula is C8H8ClIN4O. The third-order valence-electron chi connectivity index (χ3n) is 1.87. The second-order valence-electron chi connectivity index (χ2n) is 2.91. The summed E-state index contributed by atoms with van der Waals surface area (Å²) in [5, 5.41) is 11.9. The first-order valence-electron chi connectivity index (χ1n) is 4.28. The van der Waals surface area contributed by atoms with Gasteiger partial charge >= 0.3 is 0 Å². The van der Waals surface area contributed by atoms with Crippen LogP contribution in [0.1, 0.15) is 5.89 Å². The summed E-state index contributed by atoms with van der Waals surface area (Å²) in [5.41, 5.74) is 0.853. The number of halogens is 2. The van der Waals surface area contributed by atoms with E-state index in [2.05, 4.69) is 37.9 Å². The van der Waals surface area contributed by atoms with Gasteiger partial charge in [-0.2, -0.15) is 5.10 Å². The molecule has 2 aromatic heterocycles. The molecule has 7 heteroatoms. The minimum Gasteiger partial charge on any atom is -0.421 e. The first-order valence-corrected chi connectivity index (χ1v) is 5.90. The van der Waals surface area contributed by atoms with Crippen molar-refractivity contribution in [2.24, 2.45) is 7.05 Å². The van der Waals surface area contributed by atoms with Gasteiger partial charge in [0.15, 0.2) is 0 Å². The lowest BCUT2D eigenvalue weighted by atomic mass is 10.4. The van der Waals surface area contributed by atoms with Gasteiger partial charge in [-0.3, -0.25) is 4.68 Å². The van der Waals surface area contributed by atoms with Crippen LogP contribution >= 0.6 is 34.2 Å². The molecule has 0 aliphatic carbocycles. The number of nitrogens with zero attached hydrogens (tertiary/aromatic N) is 4. The van der Waals surface area contributed by atoms with E-state index in [4.69, 9.17) is 16.0 Å². The SMILES string of the molecule is Cn1ncc(-c2nnc(CCCl)o2)c1I. The first kappa shape index (κ1) is 10.9. The summed E-state index contributed by atoms with van der Waals surface area (Å²) in [7, 11) is 1.86. The smallest absolute Gasteiger partial charge is 0.252 e. The summed E-state index contributed by atoms with van der Waals surface area (Å²) in [6.07, 6.45) is 2.30. The van der Waals surface area contributed by atoms with Crippen molar-refractivity contribution in [1.29, 1.82) is 0 Å². The zero-order valence-electron chi connectivity index (χ0n) is 7.94. The molecule has 2 rings (SSSR count). The second kappa shape index (κ2) is 4.48. The van der Waals surface area contributed by atoms with E-state index >= 15 is 0 Å². The highest BCUT2D eigenvalue weighted by Gasteiger charge is 2.14. The molecule has 0 spiro atoms. The summed E-state index contributed by atoms with van der Waals surface area (Å²) in [5.74, 6) is 1.53. The van der Waals surface area contributed by atoms with Crippen LogP contribution in [-0.2, 0) is 13.5 Å². The number of aryl methyl sites for hydroxylation is 2. The molecule has 15 heavy (non-hydrogen) atoms. The van der Waals surface area contributed by atoms with Crippen molar-refractivity contribution < 1.29 is 4.42 Å². The predicted octanol–water partition coefficient (Wildman–Crippen LogP) is 1.86. The molecule has 5 nitrogen and oxygen atoms in total. The van der Waals surface area contributed by atoms with Crippen LogP contribution in [0.3, 0.4) is 0 Å². The Morgan fingerprint density at radius 2 is 2.33 bits per heavy atom. The van der Waals surface area contributed by atoms with Crippen LogP contribution in [0.5, 0.6) is 0 Å². The molecule has 0 aliphatic heterocycles. The summed E-state index contributed by atoms with van der Waals surface area (Å²) in [6.45, 7) is 0. The molecule has 0 saturated heterocycles. The lowest BCUT2D eigenvalue weighted by Crippen LogP contribution is -1.92. The van der Waals surface area contributed by atoms with Crippen LogP contribution in [0.15, 0.2) is 10.6 Å². The van der Waals surface area contributed by atoms with Crippen LogP contribution in [0.4, 0.5) is 0 Å². The van der Waals surface area contributed by atoms with Gasteiger partial charge in [-0.1, -0.05) is 0 Å². The molecule has 2 aromatic rings. The van der Waals surface area contributed by atoms with Crippen LogP contribution in [-0.4, -0.2) is 25.9 Å². The maximum absolute atomic E-state index is 5.58. The maximum Gasteiger partial charge on any atom is 0.252 e. The number of alkyl halides is 1. The molecule has 0 unspecified atom stereocenters. The topological polar surface area (TPSA) is 56.7 Å². The van der Waals surface area contributed by atoms with Crippen LogP contribution in [0, 0.1) is 3.70 Å². The average molecular weight is 339 g/mol. The van der Waals surface area contributed by atoms with Crippen LogP contribution < -0.4 is 0 Å². The van der Waals surface area contributed by atoms with E-state index < -0.39 is 0 Å². The van der Waals surface area contributed by atoms with Crippen molar-refractivity contribution in [3.8, 4) is 11.5 Å². The van der Waals surface area contributed by atoms with E-state index in [1.54, 1.807) is 10.9 Å². The first-order chi connectivity index (χ1) is 7.22. The fourth-order valence-corrected chi connectivity index (χ4v) is 1.77. The molecule has 0 bridgehead atoms. The second-order valence-corrected chi connectivity index (χ2v) is 4.31. The largest absolute Gasteiger partial charge is 0.421 e. The maximum atomic E-state index is 5.58. The Kier molecular flexibility index (Phi) is 3.25. The monoisotopic (exact) mass is 338 g/mol. The Morgan fingerprint density at radius 3 is 2.93 bits per heavy atom. The van der Waals surface area contributed by atoms with Crippen molar-refractivity contribution in [3.63, 3.8) is 0 Å². The molecule has 0 N–H and O–H groups in total. The minimum absolute atomic E-state index is 0.478. The molecular weight excluding hydrogens is 330 g/mol. The van der Waals surface area contributed by atoms with E-state index in [1.807, 2.05) is 7.05 Å². The van der Waals surface area contributed by atoms with Crippen molar-refractivity contribution in [2.75, 3.05) is 5.88 Å². The highest BCUT2D eigenvalue weighted by molar-refractivity contribution is 14.1. The Balaban J connectivity index is 2.33. The molecule has 2 heterocycles. The van der Waals surface area contributed by atoms with Gasteiger partial charge in [0.1, 0.15) is 3.70 Å². The van der Waals surface area contributed by atoms with Crippen molar-refractivity contribution >= 4 is 34.2 Å². The Hall–Kier alpha value is -0.630. The van der Waals surface area contributed by atoms with E-state index in [1.165, 1.54) is 0 Å². The highest BCUT2D eigenvalue weighted by Crippen LogP contribution is 2.23. The van der Waals surface area contributed by atoms with Gasteiger partial charge < -0.3 is 4.42 Å². The normalized spacial score (nSPS) is 10.9. The molecule has 0 aliphatic rings. The molecule has 0 fully saturated rings. The fourth-order valence-electron chi connectivity index (χ4n) is 1.11. The zero-order valence-corrected chi connectivity index (χ0v) is 10.9. The van der Waals surface area contributed by atoms with Gasteiger partial charge in [-0.25, -0.2) is 0 Å². The average Bonchev–Trinajstić information content (AvgIpc) is 2.77. The molecule has 0 aromatic carbocycles. The molecule has 0 amide bonds. The van der Waals surface area contributed by atoms with Gasteiger partial charge in [0.2, 0.25) is 5.89 Å². The van der Waals surface area contributed by atoms with Crippen LogP contribution in [0.2, 0.25) is 0 Å². The fraction of sp³-hybridized carbons (Fsp3) is 0.375. The lowest BCUT2D eigenvalue weighted by Gasteiger charge is -1.92. The standard InChI is InChI=1S/C8H8ClIN4O/c1-14-7(10)5(4-11-14)8-13-12-6(15-8)2-3-9/h4H,2-3H2,1H3.